The molecule has 76 valence electrons. The number of terminal acetylenes is 1. The van der Waals surface area contributed by atoms with Crippen molar-refractivity contribution in [2.75, 3.05) is 0 Å². The Balaban J connectivity index is 3.08. The Morgan fingerprint density at radius 3 is 2.64 bits per heavy atom. The monoisotopic (exact) mass is 192 g/mol. The van der Waals surface area contributed by atoms with E-state index in [9.17, 15) is 5.11 Å². The second kappa shape index (κ2) is 4.30. The van der Waals surface area contributed by atoms with Crippen LogP contribution in [0.5, 0.6) is 0 Å². The summed E-state index contributed by atoms with van der Waals surface area (Å²) in [5, 5.41) is 14.1. The molecule has 0 aromatic carbocycles. The highest BCUT2D eigenvalue weighted by atomic mass is 16.3. The topological polar surface area (TPSA) is 38.1 Å². The fourth-order valence-corrected chi connectivity index (χ4v) is 1.71. The summed E-state index contributed by atoms with van der Waals surface area (Å²) in [4.78, 5) is 0. The molecule has 0 aliphatic heterocycles. The van der Waals surface area contributed by atoms with E-state index in [1.54, 1.807) is 0 Å². The summed E-state index contributed by atoms with van der Waals surface area (Å²) in [6.45, 7) is 6.69. The van der Waals surface area contributed by atoms with Crippen molar-refractivity contribution in [3.63, 3.8) is 0 Å². The number of aliphatic hydroxyl groups is 1. The van der Waals surface area contributed by atoms with Crippen molar-refractivity contribution in [3.05, 3.63) is 17.0 Å². The zero-order valence-corrected chi connectivity index (χ0v) is 8.91. The number of hydrogen-bond donors (Lipinski definition) is 1. The maximum absolute atomic E-state index is 9.80. The number of aromatic nitrogens is 2. The van der Waals surface area contributed by atoms with Gasteiger partial charge in [0, 0.05) is 24.2 Å². The zero-order chi connectivity index (χ0) is 10.7. The van der Waals surface area contributed by atoms with E-state index in [0.717, 1.165) is 23.5 Å². The molecule has 1 aromatic rings. The molecule has 0 spiro atoms. The van der Waals surface area contributed by atoms with Crippen molar-refractivity contribution >= 4 is 0 Å². The molecule has 0 saturated carbocycles. The van der Waals surface area contributed by atoms with Gasteiger partial charge in [0.05, 0.1) is 11.8 Å². The van der Waals surface area contributed by atoms with Gasteiger partial charge in [-0.05, 0) is 20.8 Å². The average Bonchev–Trinajstić information content (AvgIpc) is 2.41. The minimum Gasteiger partial charge on any atom is -0.387 e. The minimum atomic E-state index is -0.583. The summed E-state index contributed by atoms with van der Waals surface area (Å²) in [7, 11) is 0. The van der Waals surface area contributed by atoms with Gasteiger partial charge >= 0.3 is 0 Å². The zero-order valence-electron chi connectivity index (χ0n) is 8.91. The highest BCUT2D eigenvalue weighted by molar-refractivity contribution is 5.27. The molecular weight excluding hydrogens is 176 g/mol. The largest absolute Gasteiger partial charge is 0.387 e. The Morgan fingerprint density at radius 2 is 2.21 bits per heavy atom. The molecule has 0 saturated heterocycles. The van der Waals surface area contributed by atoms with Gasteiger partial charge in [0.1, 0.15) is 0 Å². The first-order chi connectivity index (χ1) is 6.61. The number of rotatable bonds is 3. The predicted molar refractivity (Wildman–Crippen MR) is 55.8 cm³/mol. The molecule has 1 unspecified atom stereocenters. The molecule has 0 aliphatic carbocycles. The lowest BCUT2D eigenvalue weighted by atomic mass is 10.1. The van der Waals surface area contributed by atoms with Crippen LogP contribution in [-0.2, 0) is 6.54 Å². The number of aliphatic hydroxyl groups excluding tert-OH is 1. The lowest BCUT2D eigenvalue weighted by Gasteiger charge is -2.07. The van der Waals surface area contributed by atoms with Crippen LogP contribution in [0, 0.1) is 26.2 Å². The van der Waals surface area contributed by atoms with E-state index in [1.807, 2.05) is 25.5 Å². The summed E-state index contributed by atoms with van der Waals surface area (Å²) in [5.41, 5.74) is 2.75. The Kier molecular flexibility index (Phi) is 3.32. The number of nitrogens with zero attached hydrogens (tertiary/aromatic N) is 2. The van der Waals surface area contributed by atoms with Gasteiger partial charge < -0.3 is 5.11 Å². The van der Waals surface area contributed by atoms with Crippen molar-refractivity contribution in [2.24, 2.45) is 0 Å². The van der Waals surface area contributed by atoms with E-state index in [-0.39, 0.29) is 0 Å². The van der Waals surface area contributed by atoms with Crippen LogP contribution in [0.1, 0.15) is 36.4 Å². The van der Waals surface area contributed by atoms with Crippen molar-refractivity contribution < 1.29 is 5.11 Å². The van der Waals surface area contributed by atoms with Gasteiger partial charge in [0.2, 0.25) is 0 Å². The summed E-state index contributed by atoms with van der Waals surface area (Å²) in [6, 6.07) is 0. The molecular formula is C11H16N2O. The summed E-state index contributed by atoms with van der Waals surface area (Å²) >= 11 is 0. The van der Waals surface area contributed by atoms with Crippen molar-refractivity contribution in [2.45, 2.75) is 39.8 Å². The molecule has 14 heavy (non-hydrogen) atoms. The minimum absolute atomic E-state index is 0.344. The fraction of sp³-hybridized carbons (Fsp3) is 0.545. The molecule has 3 nitrogen and oxygen atoms in total. The predicted octanol–water partition coefficient (Wildman–Crippen LogP) is 1.58. The molecule has 1 heterocycles. The van der Waals surface area contributed by atoms with E-state index in [4.69, 9.17) is 6.42 Å². The first-order valence-corrected chi connectivity index (χ1v) is 4.77. The van der Waals surface area contributed by atoms with Gasteiger partial charge in [-0.25, -0.2) is 0 Å². The summed E-state index contributed by atoms with van der Waals surface area (Å²) in [6.07, 6.45) is 4.93. The van der Waals surface area contributed by atoms with Crippen molar-refractivity contribution in [1.29, 1.82) is 0 Å². The smallest absolute Gasteiger partial charge is 0.0934 e. The first kappa shape index (κ1) is 10.8. The third-order valence-corrected chi connectivity index (χ3v) is 2.38. The third kappa shape index (κ3) is 1.80. The molecule has 0 amide bonds. The quantitative estimate of drug-likeness (QED) is 0.738. The maximum atomic E-state index is 9.80. The van der Waals surface area contributed by atoms with Gasteiger partial charge in [-0.2, -0.15) is 5.10 Å². The van der Waals surface area contributed by atoms with Crippen molar-refractivity contribution in [3.8, 4) is 12.3 Å². The van der Waals surface area contributed by atoms with Crippen LogP contribution in [0.15, 0.2) is 0 Å². The first-order valence-electron chi connectivity index (χ1n) is 4.77. The number of aryl methyl sites for hydroxylation is 2. The third-order valence-electron chi connectivity index (χ3n) is 2.38. The molecule has 0 bridgehead atoms. The summed E-state index contributed by atoms with van der Waals surface area (Å²) in [5.74, 6) is 2.46. The molecule has 0 fully saturated rings. The Labute approximate surface area is 84.8 Å². The Hall–Kier alpha value is -1.27. The van der Waals surface area contributed by atoms with Crippen LogP contribution >= 0.6 is 0 Å². The van der Waals surface area contributed by atoms with E-state index in [1.165, 1.54) is 0 Å². The van der Waals surface area contributed by atoms with Gasteiger partial charge in [-0.15, -0.1) is 12.3 Å². The lowest BCUT2D eigenvalue weighted by molar-refractivity contribution is 0.182. The summed E-state index contributed by atoms with van der Waals surface area (Å²) < 4.78 is 1.88. The molecule has 1 atom stereocenters. The van der Waals surface area contributed by atoms with Crippen molar-refractivity contribution in [1.82, 2.24) is 9.78 Å². The van der Waals surface area contributed by atoms with E-state index >= 15 is 0 Å². The van der Waals surface area contributed by atoms with Crippen LogP contribution in [0.2, 0.25) is 0 Å². The van der Waals surface area contributed by atoms with E-state index < -0.39 is 6.10 Å². The number of hydrogen-bond acceptors (Lipinski definition) is 2. The van der Waals surface area contributed by atoms with Crippen LogP contribution in [-0.4, -0.2) is 14.9 Å². The van der Waals surface area contributed by atoms with Crippen LogP contribution in [0.3, 0.4) is 0 Å². The molecule has 0 aliphatic rings. The second-order valence-electron chi connectivity index (χ2n) is 3.32. The van der Waals surface area contributed by atoms with Gasteiger partial charge in [0.15, 0.2) is 0 Å². The Morgan fingerprint density at radius 1 is 1.57 bits per heavy atom. The van der Waals surface area contributed by atoms with E-state index in [2.05, 4.69) is 11.0 Å². The second-order valence-corrected chi connectivity index (χ2v) is 3.32. The van der Waals surface area contributed by atoms with Crippen LogP contribution < -0.4 is 0 Å². The van der Waals surface area contributed by atoms with Crippen LogP contribution in [0.4, 0.5) is 0 Å². The molecule has 1 rings (SSSR count). The fourth-order valence-electron chi connectivity index (χ4n) is 1.71. The van der Waals surface area contributed by atoms with Gasteiger partial charge in [-0.3, -0.25) is 4.68 Å². The molecule has 3 heteroatoms. The molecule has 1 aromatic heterocycles. The lowest BCUT2D eigenvalue weighted by Crippen LogP contribution is -2.02. The van der Waals surface area contributed by atoms with Gasteiger partial charge in [0.25, 0.3) is 0 Å². The molecule has 1 N–H and O–H groups in total. The normalized spacial score (nSPS) is 12.5. The maximum Gasteiger partial charge on any atom is 0.0934 e. The van der Waals surface area contributed by atoms with E-state index in [0.29, 0.717) is 6.42 Å². The van der Waals surface area contributed by atoms with Gasteiger partial charge in [-0.1, -0.05) is 0 Å². The SMILES string of the molecule is C#CCC(O)c1c(C)nn(CC)c1C. The molecule has 0 radical (unpaired) electrons. The average molecular weight is 192 g/mol. The highest BCUT2D eigenvalue weighted by Crippen LogP contribution is 2.23. The standard InChI is InChI=1S/C11H16N2O/c1-5-7-10(14)11-8(3)12-13(6-2)9(11)4/h1,10,14H,6-7H2,2-4H3. The van der Waals surface area contributed by atoms with Crippen LogP contribution in [0.25, 0.3) is 0 Å². The highest BCUT2D eigenvalue weighted by Gasteiger charge is 2.17. The Bertz CT molecular complexity index is 360.